The summed E-state index contributed by atoms with van der Waals surface area (Å²) in [6.45, 7) is 0.229. The van der Waals surface area contributed by atoms with Gasteiger partial charge in [0.2, 0.25) is 0 Å². The molecule has 31 heavy (non-hydrogen) atoms. The van der Waals surface area contributed by atoms with Gasteiger partial charge in [0.15, 0.2) is 10.4 Å². The minimum atomic E-state index is -0.616. The van der Waals surface area contributed by atoms with Crippen molar-refractivity contribution < 1.29 is 23.2 Å². The zero-order valence-corrected chi connectivity index (χ0v) is 18.1. The van der Waals surface area contributed by atoms with Gasteiger partial charge in [-0.1, -0.05) is 24.3 Å². The molecule has 0 aliphatic carbocycles. The van der Waals surface area contributed by atoms with Crippen molar-refractivity contribution in [1.29, 1.82) is 0 Å². The molecule has 160 valence electrons. The van der Waals surface area contributed by atoms with Crippen LogP contribution in [0.1, 0.15) is 31.3 Å². The lowest BCUT2D eigenvalue weighted by molar-refractivity contribution is 0.0924. The fourth-order valence-electron chi connectivity index (χ4n) is 2.85. The second-order valence-electron chi connectivity index (χ2n) is 6.48. The molecule has 9 heteroatoms. The molecule has 7 nitrogen and oxygen atoms in total. The van der Waals surface area contributed by atoms with Gasteiger partial charge in [0, 0.05) is 20.1 Å². The average Bonchev–Trinajstić information content (AvgIpc) is 3.22. The van der Waals surface area contributed by atoms with E-state index in [1.54, 1.807) is 43.4 Å². The van der Waals surface area contributed by atoms with Gasteiger partial charge >= 0.3 is 0 Å². The molecule has 2 N–H and O–H groups in total. The van der Waals surface area contributed by atoms with Crippen molar-refractivity contribution in [2.75, 3.05) is 25.0 Å². The minimum Gasteiger partial charge on any atom is -0.444 e. The third kappa shape index (κ3) is 5.37. The van der Waals surface area contributed by atoms with E-state index in [-0.39, 0.29) is 30.0 Å². The van der Waals surface area contributed by atoms with Crippen LogP contribution >= 0.6 is 15.9 Å². The van der Waals surface area contributed by atoms with Gasteiger partial charge in [-0.2, -0.15) is 0 Å². The summed E-state index contributed by atoms with van der Waals surface area (Å²) in [7, 11) is 1.54. The number of anilines is 1. The zero-order valence-electron chi connectivity index (χ0n) is 16.5. The van der Waals surface area contributed by atoms with E-state index >= 15 is 0 Å². The third-order valence-electron chi connectivity index (χ3n) is 4.41. The normalized spacial score (nSPS) is 10.4. The van der Waals surface area contributed by atoms with Crippen molar-refractivity contribution in [2.45, 2.75) is 0 Å². The number of carbonyl (C=O) groups excluding carboxylic acids is 3. The Hall–Kier alpha value is -3.46. The van der Waals surface area contributed by atoms with Crippen LogP contribution in [0.2, 0.25) is 0 Å². The topological polar surface area (TPSA) is 91.7 Å². The number of hydrogen-bond donors (Lipinski definition) is 2. The van der Waals surface area contributed by atoms with Crippen LogP contribution < -0.4 is 15.5 Å². The molecular weight excluding hydrogens is 469 g/mol. The Morgan fingerprint density at radius 1 is 0.903 bits per heavy atom. The summed E-state index contributed by atoms with van der Waals surface area (Å²) >= 11 is 3.16. The van der Waals surface area contributed by atoms with E-state index in [4.69, 9.17) is 4.42 Å². The van der Waals surface area contributed by atoms with E-state index in [1.165, 1.54) is 29.2 Å². The van der Waals surface area contributed by atoms with Gasteiger partial charge in [-0.05, 0) is 52.3 Å². The molecule has 0 saturated carbocycles. The van der Waals surface area contributed by atoms with E-state index in [0.717, 1.165) is 0 Å². The number of rotatable bonds is 7. The summed E-state index contributed by atoms with van der Waals surface area (Å²) in [5, 5.41) is 5.23. The van der Waals surface area contributed by atoms with Crippen LogP contribution in [0, 0.1) is 5.82 Å². The number of nitrogens with one attached hydrogen (secondary N) is 2. The first-order valence-corrected chi connectivity index (χ1v) is 10.1. The predicted molar refractivity (Wildman–Crippen MR) is 117 cm³/mol. The zero-order chi connectivity index (χ0) is 22.4. The van der Waals surface area contributed by atoms with Crippen molar-refractivity contribution in [3.8, 4) is 0 Å². The van der Waals surface area contributed by atoms with E-state index < -0.39 is 23.5 Å². The highest BCUT2D eigenvalue weighted by molar-refractivity contribution is 9.10. The Balaban J connectivity index is 1.60. The maximum atomic E-state index is 13.6. The maximum absolute atomic E-state index is 13.6. The Bertz CT molecular complexity index is 1120. The van der Waals surface area contributed by atoms with Gasteiger partial charge in [0.1, 0.15) is 5.82 Å². The SMILES string of the molecule is CN(C(=O)c1ccc(Br)o1)c1ccccc1C(=O)NCCNC(=O)c1ccccc1F. The smallest absolute Gasteiger partial charge is 0.293 e. The van der Waals surface area contributed by atoms with Crippen molar-refractivity contribution >= 4 is 39.3 Å². The Morgan fingerprint density at radius 2 is 1.48 bits per heavy atom. The molecule has 2 aromatic carbocycles. The number of carbonyl (C=O) groups is 3. The lowest BCUT2D eigenvalue weighted by Crippen LogP contribution is -2.36. The number of nitrogens with zero attached hydrogens (tertiary/aromatic N) is 1. The molecule has 0 fully saturated rings. The Kier molecular flexibility index (Phi) is 7.19. The van der Waals surface area contributed by atoms with Crippen molar-refractivity contribution in [1.82, 2.24) is 10.6 Å². The molecule has 3 aromatic rings. The average molecular weight is 488 g/mol. The standard InChI is InChI=1S/C22H19BrFN3O4/c1-27(22(30)18-10-11-19(23)31-18)17-9-5-3-7-15(17)21(29)26-13-12-25-20(28)14-6-2-4-8-16(14)24/h2-11H,12-13H2,1H3,(H,25,28)(H,26,29). The summed E-state index contributed by atoms with van der Waals surface area (Å²) in [5.74, 6) is -1.89. The first-order chi connectivity index (χ1) is 14.9. The second kappa shape index (κ2) is 10.0. The number of hydrogen-bond acceptors (Lipinski definition) is 4. The molecule has 0 unspecified atom stereocenters. The molecule has 0 aliphatic rings. The number of furan rings is 1. The molecule has 0 spiro atoms. The molecule has 0 aliphatic heterocycles. The van der Waals surface area contributed by atoms with E-state index in [9.17, 15) is 18.8 Å². The van der Waals surface area contributed by atoms with Crippen LogP contribution in [0.4, 0.5) is 10.1 Å². The van der Waals surface area contributed by atoms with E-state index in [2.05, 4.69) is 26.6 Å². The molecule has 1 heterocycles. The first kappa shape index (κ1) is 22.2. The van der Waals surface area contributed by atoms with Crippen LogP contribution in [-0.4, -0.2) is 37.9 Å². The third-order valence-corrected chi connectivity index (χ3v) is 4.84. The summed E-state index contributed by atoms with van der Waals surface area (Å²) in [4.78, 5) is 38.6. The van der Waals surface area contributed by atoms with E-state index in [0.29, 0.717) is 10.4 Å². The quantitative estimate of drug-likeness (QED) is 0.498. The lowest BCUT2D eigenvalue weighted by atomic mass is 10.1. The number of halogens is 2. The number of para-hydroxylation sites is 1. The van der Waals surface area contributed by atoms with Crippen LogP contribution in [0.3, 0.4) is 0 Å². The van der Waals surface area contributed by atoms with Gasteiger partial charge < -0.3 is 20.0 Å². The fourth-order valence-corrected chi connectivity index (χ4v) is 3.16. The van der Waals surface area contributed by atoms with Crippen LogP contribution in [-0.2, 0) is 0 Å². The van der Waals surface area contributed by atoms with Crippen molar-refractivity contribution in [3.63, 3.8) is 0 Å². The number of benzene rings is 2. The Labute approximate surface area is 186 Å². The molecular formula is C22H19BrFN3O4. The highest BCUT2D eigenvalue weighted by Crippen LogP contribution is 2.23. The van der Waals surface area contributed by atoms with Crippen molar-refractivity contribution in [3.05, 3.63) is 88.0 Å². The largest absolute Gasteiger partial charge is 0.444 e. The van der Waals surface area contributed by atoms with Crippen LogP contribution in [0.25, 0.3) is 0 Å². The van der Waals surface area contributed by atoms with Crippen LogP contribution in [0.5, 0.6) is 0 Å². The number of amides is 3. The highest BCUT2D eigenvalue weighted by atomic mass is 79.9. The van der Waals surface area contributed by atoms with E-state index in [1.807, 2.05) is 0 Å². The maximum Gasteiger partial charge on any atom is 0.293 e. The summed E-state index contributed by atoms with van der Waals surface area (Å²) in [6.07, 6.45) is 0. The highest BCUT2D eigenvalue weighted by Gasteiger charge is 2.21. The van der Waals surface area contributed by atoms with Gasteiger partial charge in [0.25, 0.3) is 17.7 Å². The molecule has 0 radical (unpaired) electrons. The minimum absolute atomic E-state index is 0.0659. The molecule has 0 saturated heterocycles. The molecule has 3 amide bonds. The van der Waals surface area contributed by atoms with Gasteiger partial charge in [-0.25, -0.2) is 4.39 Å². The van der Waals surface area contributed by atoms with Gasteiger partial charge in [-0.15, -0.1) is 0 Å². The van der Waals surface area contributed by atoms with Crippen LogP contribution in [0.15, 0.2) is 69.8 Å². The lowest BCUT2D eigenvalue weighted by Gasteiger charge is -2.19. The monoisotopic (exact) mass is 487 g/mol. The summed E-state index contributed by atoms with van der Waals surface area (Å²) in [5.41, 5.74) is 0.612. The second-order valence-corrected chi connectivity index (χ2v) is 7.26. The first-order valence-electron chi connectivity index (χ1n) is 9.32. The fraction of sp³-hybridized carbons (Fsp3) is 0.136. The molecule has 0 atom stereocenters. The molecule has 1 aromatic heterocycles. The summed E-state index contributed by atoms with van der Waals surface area (Å²) < 4.78 is 19.4. The predicted octanol–water partition coefficient (Wildman–Crippen LogP) is 3.62. The molecule has 3 rings (SSSR count). The van der Waals surface area contributed by atoms with Gasteiger partial charge in [0.05, 0.1) is 16.8 Å². The summed E-state index contributed by atoms with van der Waals surface area (Å²) in [6, 6.07) is 15.4. The van der Waals surface area contributed by atoms with Crippen molar-refractivity contribution in [2.24, 2.45) is 0 Å². The molecule has 0 bridgehead atoms. The Morgan fingerprint density at radius 3 is 2.10 bits per heavy atom. The van der Waals surface area contributed by atoms with Gasteiger partial charge in [-0.3, -0.25) is 14.4 Å².